The molecule has 3 fully saturated rings. The highest BCUT2D eigenvalue weighted by molar-refractivity contribution is 4.86. The molecule has 0 aliphatic heterocycles. The van der Waals surface area contributed by atoms with Crippen LogP contribution >= 0.6 is 0 Å². The fourth-order valence-corrected chi connectivity index (χ4v) is 5.66. The molecular weight excluding hydrogens is 228 g/mol. The van der Waals surface area contributed by atoms with Crippen molar-refractivity contribution < 1.29 is 0 Å². The van der Waals surface area contributed by atoms with Gasteiger partial charge in [0.2, 0.25) is 0 Å². The van der Waals surface area contributed by atoms with Gasteiger partial charge in [0.1, 0.15) is 0 Å². The van der Waals surface area contributed by atoms with E-state index in [0.29, 0.717) is 0 Å². The van der Waals surface area contributed by atoms with Crippen LogP contribution in [0.15, 0.2) is 0 Å². The molecule has 0 aromatic rings. The lowest BCUT2D eigenvalue weighted by molar-refractivity contribution is 0.100. The van der Waals surface area contributed by atoms with Crippen LogP contribution in [0.3, 0.4) is 0 Å². The maximum Gasteiger partial charge on any atom is -0.0355 e. The molecule has 0 saturated heterocycles. The minimum Gasteiger partial charge on any atom is -0.0533 e. The maximum absolute atomic E-state index is 1.59. The lowest BCUT2D eigenvalue weighted by atomic mass is 9.65. The Morgan fingerprint density at radius 2 is 0.632 bits per heavy atom. The predicted octanol–water partition coefficient (Wildman–Crippen LogP) is 6.34. The molecular formula is C19H34. The third kappa shape index (κ3) is 3.56. The summed E-state index contributed by atoms with van der Waals surface area (Å²) in [7, 11) is 0. The molecule has 3 saturated carbocycles. The van der Waals surface area contributed by atoms with Crippen molar-refractivity contribution in [2.24, 2.45) is 23.7 Å². The molecule has 3 aliphatic rings. The highest BCUT2D eigenvalue weighted by Crippen LogP contribution is 2.46. The first kappa shape index (κ1) is 14.0. The Morgan fingerprint density at radius 1 is 0.316 bits per heavy atom. The fourth-order valence-electron chi connectivity index (χ4n) is 5.66. The van der Waals surface area contributed by atoms with Gasteiger partial charge >= 0.3 is 0 Å². The minimum absolute atomic E-state index is 1.12. The van der Waals surface area contributed by atoms with Gasteiger partial charge in [-0.05, 0) is 36.5 Å². The summed E-state index contributed by atoms with van der Waals surface area (Å²) in [4.78, 5) is 0. The highest BCUT2D eigenvalue weighted by Gasteiger charge is 2.35. The SMILES string of the molecule is C1CCC(C2CCCCCC2C2CCCCC2)CC1. The average molecular weight is 262 g/mol. The Balaban J connectivity index is 1.68. The van der Waals surface area contributed by atoms with Gasteiger partial charge in [-0.25, -0.2) is 0 Å². The van der Waals surface area contributed by atoms with Crippen LogP contribution in [0, 0.1) is 23.7 Å². The summed E-state index contributed by atoms with van der Waals surface area (Å²) in [5.41, 5.74) is 0. The Hall–Kier alpha value is 0. The van der Waals surface area contributed by atoms with Crippen molar-refractivity contribution >= 4 is 0 Å². The van der Waals surface area contributed by atoms with Gasteiger partial charge in [-0.2, -0.15) is 0 Å². The van der Waals surface area contributed by atoms with Gasteiger partial charge in [-0.15, -0.1) is 0 Å². The molecule has 2 atom stereocenters. The fraction of sp³-hybridized carbons (Fsp3) is 1.00. The maximum atomic E-state index is 1.59. The molecule has 0 amide bonds. The van der Waals surface area contributed by atoms with Crippen molar-refractivity contribution in [2.45, 2.75) is 96.3 Å². The van der Waals surface area contributed by atoms with Crippen LogP contribution in [-0.4, -0.2) is 0 Å². The second-order valence-electron chi connectivity index (χ2n) is 7.76. The topological polar surface area (TPSA) is 0 Å². The van der Waals surface area contributed by atoms with Crippen molar-refractivity contribution in [3.8, 4) is 0 Å². The summed E-state index contributed by atoms with van der Waals surface area (Å²) in [6, 6.07) is 0. The van der Waals surface area contributed by atoms with Crippen molar-refractivity contribution in [2.75, 3.05) is 0 Å². The van der Waals surface area contributed by atoms with Gasteiger partial charge in [-0.3, -0.25) is 0 Å². The molecule has 0 aromatic carbocycles. The molecule has 0 heteroatoms. The van der Waals surface area contributed by atoms with Gasteiger partial charge in [0.25, 0.3) is 0 Å². The second kappa shape index (κ2) is 7.14. The molecule has 3 rings (SSSR count). The van der Waals surface area contributed by atoms with Gasteiger partial charge < -0.3 is 0 Å². The van der Waals surface area contributed by atoms with Crippen molar-refractivity contribution in [1.82, 2.24) is 0 Å². The Labute approximate surface area is 120 Å². The van der Waals surface area contributed by atoms with E-state index in [4.69, 9.17) is 0 Å². The van der Waals surface area contributed by atoms with Crippen LogP contribution in [-0.2, 0) is 0 Å². The highest BCUT2D eigenvalue weighted by atomic mass is 14.4. The molecule has 19 heavy (non-hydrogen) atoms. The molecule has 110 valence electrons. The third-order valence-corrected chi connectivity index (χ3v) is 6.64. The quantitative estimate of drug-likeness (QED) is 0.509. The zero-order valence-corrected chi connectivity index (χ0v) is 12.9. The van der Waals surface area contributed by atoms with E-state index in [1.807, 2.05) is 0 Å². The lowest BCUT2D eigenvalue weighted by Gasteiger charge is -2.40. The standard InChI is InChI=1S/C19H34/c1-4-10-16(11-5-1)18-14-8-3-9-15-19(18)17-12-6-2-7-13-17/h16-19H,1-15H2. The number of hydrogen-bond acceptors (Lipinski definition) is 0. The zero-order valence-electron chi connectivity index (χ0n) is 12.9. The monoisotopic (exact) mass is 262 g/mol. The smallest absolute Gasteiger partial charge is 0.0355 e. The molecule has 0 N–H and O–H groups in total. The third-order valence-electron chi connectivity index (χ3n) is 6.64. The second-order valence-corrected chi connectivity index (χ2v) is 7.76. The van der Waals surface area contributed by atoms with Crippen LogP contribution in [0.2, 0.25) is 0 Å². The summed E-state index contributed by atoms with van der Waals surface area (Å²) in [6.45, 7) is 0. The number of hydrogen-bond donors (Lipinski definition) is 0. The van der Waals surface area contributed by atoms with E-state index >= 15 is 0 Å². The van der Waals surface area contributed by atoms with E-state index < -0.39 is 0 Å². The summed E-state index contributed by atoms with van der Waals surface area (Å²) in [5, 5.41) is 0. The number of rotatable bonds is 2. The summed E-state index contributed by atoms with van der Waals surface area (Å²) >= 11 is 0. The Morgan fingerprint density at radius 3 is 1.00 bits per heavy atom. The molecule has 0 heterocycles. The van der Waals surface area contributed by atoms with E-state index in [-0.39, 0.29) is 0 Å². The van der Waals surface area contributed by atoms with Gasteiger partial charge in [0.05, 0.1) is 0 Å². The minimum atomic E-state index is 1.12. The molecule has 0 nitrogen and oxygen atoms in total. The summed E-state index contributed by atoms with van der Waals surface area (Å²) in [6.07, 6.45) is 23.3. The van der Waals surface area contributed by atoms with Crippen LogP contribution in [0.5, 0.6) is 0 Å². The summed E-state index contributed by atoms with van der Waals surface area (Å²) in [5.74, 6) is 4.51. The predicted molar refractivity (Wildman–Crippen MR) is 83.2 cm³/mol. The van der Waals surface area contributed by atoms with Gasteiger partial charge in [0.15, 0.2) is 0 Å². The van der Waals surface area contributed by atoms with Crippen LogP contribution < -0.4 is 0 Å². The zero-order chi connectivity index (χ0) is 12.9. The Bertz CT molecular complexity index is 219. The van der Waals surface area contributed by atoms with E-state index in [1.54, 1.807) is 77.0 Å². The molecule has 0 bridgehead atoms. The van der Waals surface area contributed by atoms with E-state index in [2.05, 4.69) is 0 Å². The largest absolute Gasteiger partial charge is 0.0533 e. The van der Waals surface area contributed by atoms with E-state index in [9.17, 15) is 0 Å². The van der Waals surface area contributed by atoms with Crippen LogP contribution in [0.4, 0.5) is 0 Å². The van der Waals surface area contributed by atoms with Crippen LogP contribution in [0.1, 0.15) is 96.3 Å². The van der Waals surface area contributed by atoms with Crippen molar-refractivity contribution in [3.05, 3.63) is 0 Å². The van der Waals surface area contributed by atoms with Crippen LogP contribution in [0.25, 0.3) is 0 Å². The lowest BCUT2D eigenvalue weighted by Crippen LogP contribution is -2.31. The molecule has 0 spiro atoms. The van der Waals surface area contributed by atoms with Crippen molar-refractivity contribution in [3.63, 3.8) is 0 Å². The van der Waals surface area contributed by atoms with Gasteiger partial charge in [-0.1, -0.05) is 83.5 Å². The van der Waals surface area contributed by atoms with E-state index in [1.165, 1.54) is 19.3 Å². The van der Waals surface area contributed by atoms with Crippen molar-refractivity contribution in [1.29, 1.82) is 0 Å². The first-order chi connectivity index (χ1) is 9.45. The average Bonchev–Trinajstić information content (AvgIpc) is 2.75. The van der Waals surface area contributed by atoms with Gasteiger partial charge in [0, 0.05) is 0 Å². The van der Waals surface area contributed by atoms with E-state index in [0.717, 1.165) is 23.7 Å². The molecule has 0 radical (unpaired) electrons. The first-order valence-electron chi connectivity index (χ1n) is 9.45. The molecule has 3 aliphatic carbocycles. The molecule has 0 aromatic heterocycles. The normalized spacial score (nSPS) is 36.0. The molecule has 2 unspecified atom stereocenters. The summed E-state index contributed by atoms with van der Waals surface area (Å²) < 4.78 is 0. The Kier molecular flexibility index (Phi) is 5.24. The first-order valence-corrected chi connectivity index (χ1v) is 9.45.